The standard InChI is InChI=1S/C18H24O5S/c1-14-6-9-17(10-7-14)24(21,22)16-5-3-2-4-15(8-11-16)12-23-13-18(19)20/h6-11,15-16H,2-5,12-13H2,1H3,(H,19,20)/b11-8+. The molecule has 0 aromatic heterocycles. The minimum absolute atomic E-state index is 0.0559. The molecular formula is C18H24O5S. The van der Waals surface area contributed by atoms with Gasteiger partial charge in [-0.25, -0.2) is 13.2 Å². The smallest absolute Gasteiger partial charge is 0.329 e. The van der Waals surface area contributed by atoms with Crippen LogP contribution in [0.15, 0.2) is 41.3 Å². The van der Waals surface area contributed by atoms with Crippen LogP contribution < -0.4 is 0 Å². The SMILES string of the molecule is Cc1ccc(S(=O)(=O)C2/C=C/C(COCC(=O)O)CCCC2)cc1. The van der Waals surface area contributed by atoms with Crippen molar-refractivity contribution in [1.82, 2.24) is 0 Å². The highest BCUT2D eigenvalue weighted by atomic mass is 32.2. The highest BCUT2D eigenvalue weighted by Crippen LogP contribution is 2.26. The van der Waals surface area contributed by atoms with Gasteiger partial charge in [0, 0.05) is 5.92 Å². The van der Waals surface area contributed by atoms with Crippen molar-refractivity contribution in [1.29, 1.82) is 0 Å². The van der Waals surface area contributed by atoms with Crippen LogP contribution in [0.3, 0.4) is 0 Å². The third kappa shape index (κ3) is 5.18. The fourth-order valence-electron chi connectivity index (χ4n) is 2.82. The van der Waals surface area contributed by atoms with Crippen LogP contribution in [0.5, 0.6) is 0 Å². The van der Waals surface area contributed by atoms with E-state index in [9.17, 15) is 13.2 Å². The van der Waals surface area contributed by atoms with Crippen molar-refractivity contribution >= 4 is 15.8 Å². The van der Waals surface area contributed by atoms with E-state index in [-0.39, 0.29) is 12.5 Å². The monoisotopic (exact) mass is 352 g/mol. The first-order chi connectivity index (χ1) is 11.4. The third-order valence-corrected chi connectivity index (χ3v) is 6.34. The van der Waals surface area contributed by atoms with Crippen molar-refractivity contribution in [2.75, 3.05) is 13.2 Å². The Labute approximate surface area is 143 Å². The first-order valence-corrected chi connectivity index (χ1v) is 9.72. The normalized spacial score (nSPS) is 23.2. The molecule has 0 saturated heterocycles. The molecule has 2 rings (SSSR count). The summed E-state index contributed by atoms with van der Waals surface area (Å²) in [7, 11) is -3.40. The zero-order valence-corrected chi connectivity index (χ0v) is 14.7. The average molecular weight is 352 g/mol. The van der Waals surface area contributed by atoms with Crippen LogP contribution in [-0.2, 0) is 19.4 Å². The summed E-state index contributed by atoms with van der Waals surface area (Å²) in [5.41, 5.74) is 1.03. The Balaban J connectivity index is 2.10. The largest absolute Gasteiger partial charge is 0.480 e. The first-order valence-electron chi connectivity index (χ1n) is 8.18. The van der Waals surface area contributed by atoms with Crippen LogP contribution in [0.25, 0.3) is 0 Å². The summed E-state index contributed by atoms with van der Waals surface area (Å²) in [6.45, 7) is 1.91. The molecular weight excluding hydrogens is 328 g/mol. The first kappa shape index (κ1) is 18.7. The third-order valence-electron chi connectivity index (χ3n) is 4.22. The van der Waals surface area contributed by atoms with Gasteiger partial charge in [0.1, 0.15) is 6.61 Å². The molecule has 0 saturated carbocycles. The van der Waals surface area contributed by atoms with Gasteiger partial charge in [-0.05, 0) is 31.9 Å². The van der Waals surface area contributed by atoms with Crippen molar-refractivity contribution in [3.05, 3.63) is 42.0 Å². The molecule has 0 radical (unpaired) electrons. The molecule has 0 fully saturated rings. The number of aliphatic carboxylic acids is 1. The van der Waals surface area contributed by atoms with E-state index < -0.39 is 21.1 Å². The minimum Gasteiger partial charge on any atom is -0.480 e. The number of hydrogen-bond donors (Lipinski definition) is 1. The highest BCUT2D eigenvalue weighted by Gasteiger charge is 2.26. The molecule has 1 aromatic carbocycles. The maximum atomic E-state index is 12.8. The molecule has 0 aliphatic heterocycles. The van der Waals surface area contributed by atoms with Crippen LogP contribution in [0.4, 0.5) is 0 Å². The zero-order valence-electron chi connectivity index (χ0n) is 13.8. The van der Waals surface area contributed by atoms with Gasteiger partial charge >= 0.3 is 5.97 Å². The predicted molar refractivity (Wildman–Crippen MR) is 91.7 cm³/mol. The van der Waals surface area contributed by atoms with Crippen LogP contribution in [0.2, 0.25) is 0 Å². The van der Waals surface area contributed by atoms with Gasteiger partial charge in [0.25, 0.3) is 0 Å². The predicted octanol–water partition coefficient (Wildman–Crippen LogP) is 2.98. The Hall–Kier alpha value is -1.66. The molecule has 0 spiro atoms. The number of sulfone groups is 1. The second kappa shape index (κ2) is 8.44. The molecule has 5 nitrogen and oxygen atoms in total. The molecule has 1 N–H and O–H groups in total. The van der Waals surface area contributed by atoms with E-state index >= 15 is 0 Å². The molecule has 1 aliphatic carbocycles. The summed E-state index contributed by atoms with van der Waals surface area (Å²) in [5.74, 6) is -0.940. The Morgan fingerprint density at radius 1 is 1.17 bits per heavy atom. The zero-order chi connectivity index (χ0) is 17.6. The quantitative estimate of drug-likeness (QED) is 0.796. The number of benzene rings is 1. The summed E-state index contributed by atoms with van der Waals surface area (Å²) in [6, 6.07) is 6.93. The van der Waals surface area contributed by atoms with Crippen molar-refractivity contribution in [3.8, 4) is 0 Å². The lowest BCUT2D eigenvalue weighted by molar-refractivity contribution is -0.142. The minimum atomic E-state index is -3.40. The lowest BCUT2D eigenvalue weighted by Gasteiger charge is -2.20. The second-order valence-electron chi connectivity index (χ2n) is 6.23. The number of hydrogen-bond acceptors (Lipinski definition) is 4. The number of carbonyl (C=O) groups is 1. The maximum absolute atomic E-state index is 12.8. The van der Waals surface area contributed by atoms with Crippen molar-refractivity contribution in [2.24, 2.45) is 5.92 Å². The molecule has 1 aliphatic rings. The number of aryl methyl sites for hydroxylation is 1. The number of ether oxygens (including phenoxy) is 1. The molecule has 0 bridgehead atoms. The molecule has 0 heterocycles. The molecule has 24 heavy (non-hydrogen) atoms. The van der Waals surface area contributed by atoms with Gasteiger partial charge in [-0.3, -0.25) is 0 Å². The van der Waals surface area contributed by atoms with Crippen LogP contribution in [-0.4, -0.2) is 38.0 Å². The van der Waals surface area contributed by atoms with Crippen molar-refractivity contribution in [2.45, 2.75) is 42.8 Å². The molecule has 6 heteroatoms. The van der Waals surface area contributed by atoms with Gasteiger partial charge in [0.15, 0.2) is 9.84 Å². The fourth-order valence-corrected chi connectivity index (χ4v) is 4.46. The Morgan fingerprint density at radius 2 is 1.83 bits per heavy atom. The van der Waals surface area contributed by atoms with Crippen molar-refractivity contribution < 1.29 is 23.1 Å². The molecule has 132 valence electrons. The van der Waals surface area contributed by atoms with Crippen LogP contribution >= 0.6 is 0 Å². The Bertz CT molecular complexity index is 676. The van der Waals surface area contributed by atoms with E-state index in [1.54, 1.807) is 18.2 Å². The molecule has 0 amide bonds. The molecule has 2 unspecified atom stereocenters. The van der Waals surface area contributed by atoms with Gasteiger partial charge in [-0.15, -0.1) is 0 Å². The van der Waals surface area contributed by atoms with Crippen LogP contribution in [0, 0.1) is 12.8 Å². The average Bonchev–Trinajstić information content (AvgIpc) is 2.49. The van der Waals surface area contributed by atoms with E-state index in [2.05, 4.69) is 0 Å². The van der Waals surface area contributed by atoms with Crippen LogP contribution in [0.1, 0.15) is 31.2 Å². The summed E-state index contributed by atoms with van der Waals surface area (Å²) in [4.78, 5) is 10.9. The fraction of sp³-hybridized carbons (Fsp3) is 0.500. The molecule has 1 aromatic rings. The number of carboxylic acids is 1. The van der Waals surface area contributed by atoms with Gasteiger partial charge in [-0.1, -0.05) is 42.7 Å². The lowest BCUT2D eigenvalue weighted by atomic mass is 9.97. The Morgan fingerprint density at radius 3 is 2.50 bits per heavy atom. The lowest BCUT2D eigenvalue weighted by Crippen LogP contribution is -2.22. The summed E-state index contributed by atoms with van der Waals surface area (Å²) < 4.78 is 30.8. The van der Waals surface area contributed by atoms with Gasteiger partial charge in [0.2, 0.25) is 0 Å². The number of rotatable bonds is 6. The van der Waals surface area contributed by atoms with Gasteiger partial charge < -0.3 is 9.84 Å². The topological polar surface area (TPSA) is 80.7 Å². The van der Waals surface area contributed by atoms with Gasteiger partial charge in [-0.2, -0.15) is 0 Å². The van der Waals surface area contributed by atoms with E-state index in [1.165, 1.54) is 0 Å². The Kier molecular flexibility index (Phi) is 6.57. The highest BCUT2D eigenvalue weighted by molar-refractivity contribution is 7.92. The van der Waals surface area contributed by atoms with E-state index in [0.29, 0.717) is 17.9 Å². The summed E-state index contributed by atoms with van der Waals surface area (Å²) in [6.07, 6.45) is 6.85. The van der Waals surface area contributed by atoms with Crippen molar-refractivity contribution in [3.63, 3.8) is 0 Å². The second-order valence-corrected chi connectivity index (χ2v) is 8.40. The van der Waals surface area contributed by atoms with E-state index in [0.717, 1.165) is 24.8 Å². The van der Waals surface area contributed by atoms with E-state index in [4.69, 9.17) is 9.84 Å². The van der Waals surface area contributed by atoms with E-state index in [1.807, 2.05) is 25.1 Å². The summed E-state index contributed by atoms with van der Waals surface area (Å²) in [5, 5.41) is 8.08. The number of carboxylic acid groups (broad SMARTS) is 1. The maximum Gasteiger partial charge on any atom is 0.329 e. The molecule has 2 atom stereocenters. The summed E-state index contributed by atoms with van der Waals surface area (Å²) >= 11 is 0. The van der Waals surface area contributed by atoms with Gasteiger partial charge in [0.05, 0.1) is 16.8 Å².